The van der Waals surface area contributed by atoms with Crippen LogP contribution in [0.25, 0.3) is 21.9 Å². The van der Waals surface area contributed by atoms with E-state index in [0.717, 1.165) is 248 Å². The maximum absolute atomic E-state index is 12.7. The number of nitrogens with zero attached hydrogens (tertiary/aromatic N) is 5. The number of aliphatic hydroxyl groups is 1. The van der Waals surface area contributed by atoms with Crippen LogP contribution in [0, 0.1) is 117 Å². The van der Waals surface area contributed by atoms with Crippen LogP contribution in [0.1, 0.15) is 299 Å². The van der Waals surface area contributed by atoms with E-state index in [-0.39, 0.29) is 60.1 Å². The second-order valence-corrected chi connectivity index (χ2v) is 49.1. The predicted molar refractivity (Wildman–Crippen MR) is 580 cm³/mol. The van der Waals surface area contributed by atoms with Gasteiger partial charge < -0.3 is 62.8 Å². The number of piperidine rings is 5. The van der Waals surface area contributed by atoms with Crippen molar-refractivity contribution in [2.24, 2.45) is 105 Å². The Morgan fingerprint density at radius 1 is 0.375 bits per heavy atom. The zero-order chi connectivity index (χ0) is 102. The molecule has 6 aromatic carbocycles. The Morgan fingerprint density at radius 3 is 1.28 bits per heavy atom. The van der Waals surface area contributed by atoms with Crippen molar-refractivity contribution >= 4 is 35.0 Å². The van der Waals surface area contributed by atoms with E-state index in [0.29, 0.717) is 56.8 Å². The summed E-state index contributed by atoms with van der Waals surface area (Å²) in [7, 11) is 10.4. The number of hydrogen-bond donors (Lipinski definition) is 1. The molecule has 19 atom stereocenters. The second kappa shape index (κ2) is 51.1. The molecule has 144 heavy (non-hydrogen) atoms. The molecule has 20 rings (SSSR count). The van der Waals surface area contributed by atoms with Gasteiger partial charge in [0.25, 0.3) is 0 Å². The highest BCUT2D eigenvalue weighted by atomic mass is 19.1. The van der Waals surface area contributed by atoms with Gasteiger partial charge in [-0.1, -0.05) is 229 Å². The third-order valence-corrected chi connectivity index (χ3v) is 38.2. The van der Waals surface area contributed by atoms with Crippen molar-refractivity contribution < 1.29 is 61.8 Å². The fourth-order valence-corrected chi connectivity index (χ4v) is 29.2. The number of aryl methyl sites for hydroxylation is 1. The van der Waals surface area contributed by atoms with E-state index in [1.807, 2.05) is 92.0 Å². The summed E-state index contributed by atoms with van der Waals surface area (Å²) in [4.78, 5) is 59.8. The SMILES string of the molecule is CC(C)CCCC(C)[C@@H]1CC[C@@H]2C3C=CC4CC(OC(=O)OC5CCN(C)CC5)CC[C@@]4(C)[C@@H]3CC[C@]21C.CN1CCC(O)CC1.CN1CCC(OC(=O)Oc2ccc(F)cc2)CC1.CN1CCC(OC(=O)c2ccc(-c3ccccc3)cc2)CC1.CN1CCC(OC(=O)c2ccc3ccccc3c2)CC1.Cc1ccc2c(c1)CC(O[C@@H]1CC[C@]3(C)C(C=CC4[C@H]5CC[C@@H](C(C)CCCC(C)C)[C@]5(C)CC[C@H]43)C1)C2. The van der Waals surface area contributed by atoms with Crippen LogP contribution < -0.4 is 4.74 Å². The van der Waals surface area contributed by atoms with Crippen LogP contribution >= 0.6 is 0 Å². The van der Waals surface area contributed by atoms with Gasteiger partial charge in [0.15, 0.2) is 0 Å². The molecular formula is C126H182FN5O12. The zero-order valence-corrected chi connectivity index (χ0v) is 91.0. The number of fused-ring (bicyclic) bond motifs is 12. The van der Waals surface area contributed by atoms with Crippen LogP contribution in [0.4, 0.5) is 14.0 Å². The molecule has 0 aromatic heterocycles. The first-order valence-electron chi connectivity index (χ1n) is 56.9. The van der Waals surface area contributed by atoms with E-state index in [9.17, 15) is 23.6 Å². The summed E-state index contributed by atoms with van der Waals surface area (Å²) in [5.74, 6) is 11.1. The average Bonchev–Trinajstić information content (AvgIpc) is 1.63. The summed E-state index contributed by atoms with van der Waals surface area (Å²) in [5, 5.41) is 11.2. The van der Waals surface area contributed by atoms with E-state index >= 15 is 0 Å². The average molecular weight is 1980 g/mol. The second-order valence-electron chi connectivity index (χ2n) is 49.1. The van der Waals surface area contributed by atoms with E-state index in [4.69, 9.17) is 38.3 Å². The van der Waals surface area contributed by atoms with Crippen molar-refractivity contribution in [1.29, 1.82) is 0 Å². The smallest absolute Gasteiger partial charge is 0.459 e. The van der Waals surface area contributed by atoms with Gasteiger partial charge in [0, 0.05) is 65.4 Å². The highest BCUT2D eigenvalue weighted by Gasteiger charge is 2.62. The molecule has 1 N–H and O–H groups in total. The number of allylic oxidation sites excluding steroid dienone is 4. The number of carbonyl (C=O) groups excluding carboxylic acids is 4. The van der Waals surface area contributed by atoms with Crippen LogP contribution in [-0.2, 0) is 41.3 Å². The summed E-state index contributed by atoms with van der Waals surface area (Å²) < 4.78 is 52.5. The standard InChI is InChI=1S/C37H56O.C34H57NO3.C19H21NO2.C17H19NO2.C13H16FNO3.C6H13NO/c1-24(2)8-7-9-26(4)33-14-15-34-32-13-12-29-23-30(16-18-36(29,5)35(32)17-19-37(33,34)6)38-31-21-27-11-10-25(3)20-28(27)22-31;1-23(2)8-7-9-24(3)29-12-13-30-28-11-10-25-22-27(38-32(36)37-26-16-20-35(6)21-17-26)14-18-33(25,4)31(28)15-19-34(29,30)5;1-20-13-11-18(12-14-20)22-19(21)17-9-7-16(8-10-17)15-5-3-2-4-6-15;1-18-10-8-16(9-11-18)20-17(19)15-7-6-13-4-2-3-5-14(13)12-15;1-15-8-6-12(7-9-15)18-13(16)17-11-4-2-10(14)3-5-11;1-7-4-2-6(8)3-5-7/h10-13,20,24,26,29-35H,7-9,14-19,21-23H2,1-6H3;10-11,23-31H,7-9,12-22H2,1-6H3;2-10,18H,11-14H2,1H3;2-7,12,16H,8-11H2,1H3;2-5,12H,6-9H2,1H3;6,8H,2-5H2,1H3/t26?,29?,30-,31?,32?,33+,34-,35-,36-,37+;24?,25?,27?,28?,29-,30+,31+,33+,34-;;;;/m10..../s1. The number of benzene rings is 6. The van der Waals surface area contributed by atoms with Gasteiger partial charge in [-0.3, -0.25) is 0 Å². The molecule has 18 heteroatoms. The number of hydrogen-bond acceptors (Lipinski definition) is 17. The quantitative estimate of drug-likeness (QED) is 0.0312. The molecule has 790 valence electrons. The third-order valence-electron chi connectivity index (χ3n) is 38.2. The van der Waals surface area contributed by atoms with Gasteiger partial charge in [0.2, 0.25) is 0 Å². The van der Waals surface area contributed by atoms with Crippen molar-refractivity contribution in [2.75, 3.05) is 101 Å². The molecule has 5 aliphatic heterocycles. The normalized spacial score (nSPS) is 30.9. The number of rotatable bonds is 21. The van der Waals surface area contributed by atoms with Crippen molar-refractivity contribution in [3.05, 3.63) is 197 Å². The number of ether oxygens (including phenoxy) is 7. The van der Waals surface area contributed by atoms with Crippen LogP contribution in [0.3, 0.4) is 0 Å². The van der Waals surface area contributed by atoms with E-state index in [2.05, 4.69) is 183 Å². The molecule has 17 nitrogen and oxygen atoms in total. The van der Waals surface area contributed by atoms with Crippen LogP contribution in [0.15, 0.2) is 164 Å². The first kappa shape index (κ1) is 110. The molecule has 0 bridgehead atoms. The van der Waals surface area contributed by atoms with E-state index in [1.54, 1.807) is 0 Å². The van der Waals surface area contributed by atoms with Crippen molar-refractivity contribution in [2.45, 2.75) is 330 Å². The topological polar surface area (TPSA) is 169 Å². The molecule has 6 aromatic rings. The molecule has 9 aliphatic carbocycles. The van der Waals surface area contributed by atoms with Gasteiger partial charge in [-0.25, -0.2) is 23.6 Å². The first-order valence-corrected chi connectivity index (χ1v) is 56.9. The Morgan fingerprint density at radius 2 is 0.785 bits per heavy atom. The number of halogens is 1. The molecule has 8 unspecified atom stereocenters. The Hall–Kier alpha value is -7.81. The summed E-state index contributed by atoms with van der Waals surface area (Å²) in [6.07, 6.45) is 48.7. The van der Waals surface area contributed by atoms with E-state index < -0.39 is 12.3 Å². The molecule has 0 amide bonds. The maximum atomic E-state index is 12.7. The summed E-state index contributed by atoms with van der Waals surface area (Å²) in [6.45, 7) is 37.4. The van der Waals surface area contributed by atoms with Crippen molar-refractivity contribution in [1.82, 2.24) is 24.5 Å². The Kier molecular flexibility index (Phi) is 39.2. The molecule has 11 fully saturated rings. The third kappa shape index (κ3) is 28.9. The minimum Gasteiger partial charge on any atom is -0.459 e. The summed E-state index contributed by atoms with van der Waals surface area (Å²) in [6, 6.07) is 43.8. The fourth-order valence-electron chi connectivity index (χ4n) is 29.2. The van der Waals surface area contributed by atoms with Crippen molar-refractivity contribution in [3.63, 3.8) is 0 Å². The number of likely N-dealkylation sites (tertiary alicyclic amines) is 5. The minimum atomic E-state index is -0.726. The maximum Gasteiger partial charge on any atom is 0.514 e. The van der Waals surface area contributed by atoms with E-state index in [1.165, 1.54) is 157 Å². The van der Waals surface area contributed by atoms with Gasteiger partial charge in [-0.15, -0.1) is 0 Å². The highest BCUT2D eigenvalue weighted by molar-refractivity contribution is 5.95. The largest absolute Gasteiger partial charge is 0.514 e. The van der Waals surface area contributed by atoms with Crippen LogP contribution in [-0.4, -0.2) is 203 Å². The number of esters is 2. The summed E-state index contributed by atoms with van der Waals surface area (Å²) in [5.41, 5.74) is 9.89. The monoisotopic (exact) mass is 1980 g/mol. The van der Waals surface area contributed by atoms with Gasteiger partial charge in [-0.2, -0.15) is 0 Å². The lowest BCUT2D eigenvalue weighted by Gasteiger charge is -2.59. The van der Waals surface area contributed by atoms with Crippen LogP contribution in [0.2, 0.25) is 0 Å². The molecule has 0 spiro atoms. The van der Waals surface area contributed by atoms with Crippen molar-refractivity contribution in [3.8, 4) is 16.9 Å². The highest BCUT2D eigenvalue weighted by Crippen LogP contribution is 2.69. The van der Waals surface area contributed by atoms with Crippen LogP contribution in [0.5, 0.6) is 5.75 Å². The molecule has 5 heterocycles. The fraction of sp³-hybridized carbons (Fsp3) is 0.667. The lowest BCUT2D eigenvalue weighted by molar-refractivity contribution is -0.105. The van der Waals surface area contributed by atoms with Gasteiger partial charge in [-0.05, 0) is 395 Å². The Balaban J connectivity index is 0.000000137. The minimum absolute atomic E-state index is 0.00412. The number of aliphatic hydroxyl groups excluding tert-OH is 1. The first-order chi connectivity index (χ1) is 69.1. The van der Waals surface area contributed by atoms with Gasteiger partial charge in [0.05, 0.1) is 29.4 Å². The number of carbonyl (C=O) groups is 4. The molecule has 0 radical (unpaired) electrons. The van der Waals surface area contributed by atoms with Gasteiger partial charge in [0.1, 0.15) is 42.1 Å². The van der Waals surface area contributed by atoms with Gasteiger partial charge >= 0.3 is 24.2 Å². The predicted octanol–water partition coefficient (Wildman–Crippen LogP) is 27.4. The molecular weight excluding hydrogens is 1790 g/mol. The zero-order valence-electron chi connectivity index (χ0n) is 91.0. The lowest BCUT2D eigenvalue weighted by Crippen LogP contribution is -2.52. The molecule has 14 aliphatic rings. The summed E-state index contributed by atoms with van der Waals surface area (Å²) >= 11 is 0. The Labute approximate surface area is 866 Å². The molecule has 5 saturated heterocycles. The Bertz CT molecular complexity index is 5080. The molecule has 6 saturated carbocycles. The lowest BCUT2D eigenvalue weighted by atomic mass is 9.46.